The number of nitrogens with zero attached hydrogens (tertiary/aromatic N) is 7. The van der Waals surface area contributed by atoms with Gasteiger partial charge in [-0.25, -0.2) is 14.6 Å². The van der Waals surface area contributed by atoms with Crippen molar-refractivity contribution in [1.82, 2.24) is 50.5 Å². The predicted octanol–water partition coefficient (Wildman–Crippen LogP) is 5.18. The van der Waals surface area contributed by atoms with Crippen molar-refractivity contribution >= 4 is 80.5 Å². The molecule has 2 aliphatic rings. The second-order valence-corrected chi connectivity index (χ2v) is 21.6. The number of aromatic nitrogens is 3. The number of benzene rings is 4. The van der Waals surface area contributed by atoms with Crippen LogP contribution in [0.5, 0.6) is 0 Å². The van der Waals surface area contributed by atoms with Gasteiger partial charge in [0, 0.05) is 108 Å². The van der Waals surface area contributed by atoms with Crippen molar-refractivity contribution in [3.8, 4) is 0 Å². The maximum atomic E-state index is 13.4. The molecular weight excluding hydrogens is 1050 g/mol. The van der Waals surface area contributed by atoms with Gasteiger partial charge < -0.3 is 45.8 Å². The average Bonchev–Trinajstić information content (AvgIpc) is 4.27. The number of amides is 5. The summed E-state index contributed by atoms with van der Waals surface area (Å²) in [5.74, 6) is -2.68. The van der Waals surface area contributed by atoms with Crippen LogP contribution in [-0.2, 0) is 53.1 Å². The number of anilines is 1. The van der Waals surface area contributed by atoms with Gasteiger partial charge in [0.1, 0.15) is 12.1 Å². The van der Waals surface area contributed by atoms with E-state index < -0.39 is 29.9 Å². The highest BCUT2D eigenvalue weighted by Gasteiger charge is 2.33. The molecule has 6 N–H and O–H groups in total. The summed E-state index contributed by atoms with van der Waals surface area (Å²) in [5.41, 5.74) is 3.95. The molecule has 0 saturated carbocycles. The van der Waals surface area contributed by atoms with Gasteiger partial charge in [-0.3, -0.25) is 38.8 Å². The lowest BCUT2D eigenvalue weighted by Crippen LogP contribution is -2.52. The van der Waals surface area contributed by atoms with Gasteiger partial charge in [-0.2, -0.15) is 11.8 Å². The number of likely N-dealkylation sites (N-methyl/N-ethyl adjacent to an activating group) is 1. The number of pyridine rings is 1. The number of carbonyl (C=O) groups excluding carboxylic acids is 5. The summed E-state index contributed by atoms with van der Waals surface area (Å²) in [6, 6.07) is 29.8. The molecule has 0 radical (unpaired) electrons. The normalized spacial score (nSPS) is 15.7. The van der Waals surface area contributed by atoms with Crippen molar-refractivity contribution in [3.05, 3.63) is 139 Å². The molecule has 2 fully saturated rings. The summed E-state index contributed by atoms with van der Waals surface area (Å²) >= 11 is 1.55. The number of carboxylic acids is 2. The van der Waals surface area contributed by atoms with Crippen LogP contribution in [0, 0.1) is 0 Å². The minimum atomic E-state index is -1.25. The second kappa shape index (κ2) is 30.6. The van der Waals surface area contributed by atoms with E-state index in [9.17, 15) is 43.8 Å². The molecular formula is C60H75N11O9S. The van der Waals surface area contributed by atoms with Gasteiger partial charge >= 0.3 is 11.9 Å². The standard InChI is InChI=1S/C31H39N5O4S.C29H36N6O5/c1-34(25-12-15-32-16-13-25)22-30(38)36-17-6-10-26(36)20-35(21-29(37)33-28(31(39)40)14-18-41-2)19-24-9-5-8-23-7-3-4-11-27(23)24;1-20(36)31-15-26(29(39)40)33-27(37)18-34(16-22-8-4-7-21-6-2-3-10-25(21)22)17-24-9-5-13-35(24)28(38)12-11-23-14-30-19-32-23/h3-5,7-9,11-13,15-16,26,28H,6,10,14,17-22H2,1-2H3,(H,33,37)(H,39,40);2-4,6-8,10,14,19,24,26H,5,9,11-13,15-18H2,1H3,(H,30,32)(H,31,36)(H,33,37)(H,39,40)/t26-,28-;24-,26-/m00/s1. The zero-order valence-corrected chi connectivity index (χ0v) is 47.2. The number of aryl methyl sites for hydroxylation is 1. The zero-order valence-electron chi connectivity index (χ0n) is 46.4. The third-order valence-electron chi connectivity index (χ3n) is 14.7. The number of imidazole rings is 1. The molecule has 2 saturated heterocycles. The van der Waals surface area contributed by atoms with Gasteiger partial charge in [-0.1, -0.05) is 84.9 Å². The predicted molar refractivity (Wildman–Crippen MR) is 313 cm³/mol. The molecule has 6 aromatic rings. The third-order valence-corrected chi connectivity index (χ3v) is 15.3. The van der Waals surface area contributed by atoms with Crippen LogP contribution < -0.4 is 20.9 Å². The van der Waals surface area contributed by atoms with Crippen LogP contribution in [0.3, 0.4) is 0 Å². The van der Waals surface area contributed by atoms with Crippen molar-refractivity contribution in [2.75, 3.05) is 76.3 Å². The number of rotatable bonds is 27. The molecule has 430 valence electrons. The minimum Gasteiger partial charge on any atom is -0.480 e. The number of carboxylic acid groups (broad SMARTS) is 2. The SMILES string of the molecule is CC(=O)NC[C@H](NC(=O)CN(Cc1cccc2ccccc12)C[C@@H]1CCCN1C(=O)CCc1cnc[nH]1)C(=O)O.CSCC[C@H](NC(=O)CN(Cc1cccc2ccccc12)C[C@@H]1CCCN1C(=O)CN(C)c1ccncc1)C(=O)O. The number of fused-ring (bicyclic) bond motifs is 2. The number of likely N-dealkylation sites (tertiary alicyclic amines) is 2. The van der Waals surface area contributed by atoms with Gasteiger partial charge in [-0.15, -0.1) is 0 Å². The first-order valence-electron chi connectivity index (χ1n) is 27.5. The highest BCUT2D eigenvalue weighted by atomic mass is 32.2. The molecule has 0 unspecified atom stereocenters. The molecule has 2 aromatic heterocycles. The summed E-state index contributed by atoms with van der Waals surface area (Å²) in [5, 5.41) is 31.3. The van der Waals surface area contributed by atoms with Gasteiger partial charge in [0.2, 0.25) is 29.5 Å². The summed E-state index contributed by atoms with van der Waals surface area (Å²) in [7, 11) is 1.89. The van der Waals surface area contributed by atoms with Crippen LogP contribution in [-0.4, -0.2) is 182 Å². The summed E-state index contributed by atoms with van der Waals surface area (Å²) in [6.45, 7) is 4.60. The minimum absolute atomic E-state index is 0.0390. The monoisotopic (exact) mass is 1130 g/mol. The van der Waals surface area contributed by atoms with Crippen molar-refractivity contribution in [2.24, 2.45) is 0 Å². The van der Waals surface area contributed by atoms with E-state index in [0.29, 0.717) is 64.3 Å². The van der Waals surface area contributed by atoms with E-state index in [1.807, 2.05) is 111 Å². The largest absolute Gasteiger partial charge is 0.480 e. The van der Waals surface area contributed by atoms with Gasteiger partial charge in [0.15, 0.2) is 0 Å². The first-order valence-corrected chi connectivity index (χ1v) is 28.9. The highest BCUT2D eigenvalue weighted by Crippen LogP contribution is 2.26. The van der Waals surface area contributed by atoms with Crippen LogP contribution >= 0.6 is 11.8 Å². The molecule has 2 aliphatic heterocycles. The number of H-pyrrole nitrogens is 1. The van der Waals surface area contributed by atoms with E-state index in [-0.39, 0.29) is 61.9 Å². The number of aromatic amines is 1. The Morgan fingerprint density at radius 2 is 1.22 bits per heavy atom. The van der Waals surface area contributed by atoms with E-state index in [4.69, 9.17) is 0 Å². The van der Waals surface area contributed by atoms with E-state index in [1.165, 1.54) is 6.92 Å². The van der Waals surface area contributed by atoms with Crippen molar-refractivity contribution in [2.45, 2.75) is 89.1 Å². The topological polar surface area (TPSA) is 254 Å². The Bertz CT molecular complexity index is 3050. The Labute approximate surface area is 477 Å². The van der Waals surface area contributed by atoms with E-state index >= 15 is 0 Å². The molecule has 0 bridgehead atoms. The molecule has 8 rings (SSSR count). The number of hydrogen-bond acceptors (Lipinski definition) is 13. The fourth-order valence-electron chi connectivity index (χ4n) is 10.6. The fourth-order valence-corrected chi connectivity index (χ4v) is 11.1. The summed E-state index contributed by atoms with van der Waals surface area (Å²) in [6.07, 6.45) is 13.4. The molecule has 4 heterocycles. The molecule has 21 heteroatoms. The maximum absolute atomic E-state index is 13.4. The van der Waals surface area contributed by atoms with Crippen LogP contribution in [0.2, 0.25) is 0 Å². The Morgan fingerprint density at radius 1 is 0.691 bits per heavy atom. The van der Waals surface area contributed by atoms with E-state index in [1.54, 1.807) is 36.7 Å². The maximum Gasteiger partial charge on any atom is 0.328 e. The van der Waals surface area contributed by atoms with Crippen LogP contribution in [0.25, 0.3) is 21.5 Å². The number of thioether (sulfide) groups is 1. The van der Waals surface area contributed by atoms with Crippen LogP contribution in [0.4, 0.5) is 5.69 Å². The van der Waals surface area contributed by atoms with Crippen molar-refractivity contribution in [3.63, 3.8) is 0 Å². The summed E-state index contributed by atoms with van der Waals surface area (Å²) in [4.78, 5) is 108. The van der Waals surface area contributed by atoms with Gasteiger partial charge in [-0.05, 0) is 95.3 Å². The molecule has 81 heavy (non-hydrogen) atoms. The van der Waals surface area contributed by atoms with Crippen LogP contribution in [0.1, 0.15) is 62.3 Å². The summed E-state index contributed by atoms with van der Waals surface area (Å²) < 4.78 is 0. The first-order chi connectivity index (χ1) is 39.1. The number of nitrogens with one attached hydrogen (secondary N) is 4. The highest BCUT2D eigenvalue weighted by molar-refractivity contribution is 7.98. The van der Waals surface area contributed by atoms with Crippen molar-refractivity contribution < 1.29 is 43.8 Å². The van der Waals surface area contributed by atoms with Crippen LogP contribution in [0.15, 0.2) is 122 Å². The lowest BCUT2D eigenvalue weighted by Gasteiger charge is -2.32. The number of aliphatic carboxylic acids is 2. The quantitative estimate of drug-likeness (QED) is 0.0389. The van der Waals surface area contributed by atoms with E-state index in [2.05, 4.69) is 55.2 Å². The molecule has 5 amide bonds. The Hall–Kier alpha value is -7.88. The first kappa shape index (κ1) is 60.8. The molecule has 4 atom stereocenters. The molecule has 0 aliphatic carbocycles. The number of hydrogen-bond donors (Lipinski definition) is 6. The lowest BCUT2D eigenvalue weighted by molar-refractivity contribution is -0.142. The molecule has 20 nitrogen and oxygen atoms in total. The Morgan fingerprint density at radius 3 is 1.74 bits per heavy atom. The lowest BCUT2D eigenvalue weighted by atomic mass is 10.0. The fraction of sp³-hybridized carbons (Fsp3) is 0.417. The average molecular weight is 1130 g/mol. The Balaban J connectivity index is 0.000000234. The molecule has 4 aromatic carbocycles. The number of carbonyl (C=O) groups is 7. The van der Waals surface area contributed by atoms with Gasteiger partial charge in [0.05, 0.1) is 26.0 Å². The zero-order chi connectivity index (χ0) is 57.7. The second-order valence-electron chi connectivity index (χ2n) is 20.7. The van der Waals surface area contributed by atoms with Gasteiger partial charge in [0.25, 0.3) is 0 Å². The third kappa shape index (κ3) is 18.3. The Kier molecular flexibility index (Phi) is 23.0. The van der Waals surface area contributed by atoms with Crippen molar-refractivity contribution in [1.29, 1.82) is 0 Å². The molecule has 0 spiro atoms. The van der Waals surface area contributed by atoms with E-state index in [0.717, 1.165) is 69.7 Å². The smallest absolute Gasteiger partial charge is 0.328 e.